The van der Waals surface area contributed by atoms with E-state index in [0.717, 1.165) is 13.1 Å². The van der Waals surface area contributed by atoms with Crippen LogP contribution in [0.25, 0.3) is 0 Å². The van der Waals surface area contributed by atoms with Gasteiger partial charge in [0, 0.05) is 16.8 Å². The van der Waals surface area contributed by atoms with Crippen molar-refractivity contribution in [1.29, 1.82) is 0 Å². The highest BCUT2D eigenvalue weighted by Crippen LogP contribution is 2.49. The van der Waals surface area contributed by atoms with Crippen LogP contribution in [0.2, 0.25) is 0 Å². The zero-order valence-corrected chi connectivity index (χ0v) is 12.3. The predicted molar refractivity (Wildman–Crippen MR) is 74.8 cm³/mol. The van der Waals surface area contributed by atoms with Crippen molar-refractivity contribution in [2.45, 2.75) is 64.8 Å². The van der Waals surface area contributed by atoms with E-state index in [-0.39, 0.29) is 0 Å². The highest BCUT2D eigenvalue weighted by atomic mass is 32.1. The van der Waals surface area contributed by atoms with Crippen molar-refractivity contribution in [3.8, 4) is 0 Å². The van der Waals surface area contributed by atoms with Gasteiger partial charge in [-0.25, -0.2) is 4.98 Å². The van der Waals surface area contributed by atoms with Crippen LogP contribution in [0.5, 0.6) is 0 Å². The first-order valence-electron chi connectivity index (χ1n) is 6.77. The Labute approximate surface area is 109 Å². The third kappa shape index (κ3) is 2.89. The van der Waals surface area contributed by atoms with E-state index in [2.05, 4.69) is 33.0 Å². The summed E-state index contributed by atoms with van der Waals surface area (Å²) < 4.78 is 0. The molecule has 2 nitrogen and oxygen atoms in total. The lowest BCUT2D eigenvalue weighted by Crippen LogP contribution is -2.14. The van der Waals surface area contributed by atoms with Gasteiger partial charge in [0.15, 0.2) is 0 Å². The summed E-state index contributed by atoms with van der Waals surface area (Å²) in [5, 5.41) is 4.87. The van der Waals surface area contributed by atoms with Gasteiger partial charge in [0.05, 0.1) is 10.7 Å². The molecule has 0 radical (unpaired) electrons. The van der Waals surface area contributed by atoms with Crippen LogP contribution in [0.4, 0.5) is 0 Å². The van der Waals surface area contributed by atoms with Crippen LogP contribution in [0.15, 0.2) is 0 Å². The summed E-state index contributed by atoms with van der Waals surface area (Å²) in [6.45, 7) is 11.1. The third-order valence-corrected chi connectivity index (χ3v) is 4.88. The smallest absolute Gasteiger partial charge is 0.0990 e. The Kier molecular flexibility index (Phi) is 3.88. The Balaban J connectivity index is 2.14. The number of hydrogen-bond acceptors (Lipinski definition) is 3. The topological polar surface area (TPSA) is 24.9 Å². The van der Waals surface area contributed by atoms with E-state index in [1.165, 1.54) is 34.8 Å². The van der Waals surface area contributed by atoms with E-state index in [1.807, 2.05) is 11.3 Å². The molecule has 0 aromatic carbocycles. The molecule has 0 amide bonds. The molecule has 1 fully saturated rings. The average molecular weight is 252 g/mol. The Morgan fingerprint density at radius 1 is 1.41 bits per heavy atom. The van der Waals surface area contributed by atoms with Gasteiger partial charge in [0.25, 0.3) is 0 Å². The summed E-state index contributed by atoms with van der Waals surface area (Å²) in [5.74, 6) is 0.542. The van der Waals surface area contributed by atoms with Crippen molar-refractivity contribution in [2.75, 3.05) is 6.54 Å². The predicted octanol–water partition coefficient (Wildman–Crippen LogP) is 3.82. The van der Waals surface area contributed by atoms with Crippen molar-refractivity contribution >= 4 is 11.3 Å². The first kappa shape index (κ1) is 13.0. The lowest BCUT2D eigenvalue weighted by Gasteiger charge is -2.05. The summed E-state index contributed by atoms with van der Waals surface area (Å²) in [6, 6.07) is 0. The van der Waals surface area contributed by atoms with Crippen LogP contribution in [0.3, 0.4) is 0 Å². The number of thiazole rings is 1. The molecule has 1 heterocycles. The molecule has 0 atom stereocenters. The molecule has 1 aromatic rings. The van der Waals surface area contributed by atoms with Crippen molar-refractivity contribution in [2.24, 2.45) is 0 Å². The van der Waals surface area contributed by atoms with Gasteiger partial charge in [0.1, 0.15) is 0 Å². The second-order valence-corrected chi connectivity index (χ2v) is 6.80. The van der Waals surface area contributed by atoms with Crippen LogP contribution < -0.4 is 5.32 Å². The first-order chi connectivity index (χ1) is 8.07. The fourth-order valence-corrected chi connectivity index (χ4v) is 3.37. The van der Waals surface area contributed by atoms with E-state index < -0.39 is 0 Å². The zero-order chi connectivity index (χ0) is 12.5. The Morgan fingerprint density at radius 3 is 2.65 bits per heavy atom. The van der Waals surface area contributed by atoms with Gasteiger partial charge < -0.3 is 5.32 Å². The molecule has 96 valence electrons. The van der Waals surface area contributed by atoms with Crippen LogP contribution >= 0.6 is 11.3 Å². The van der Waals surface area contributed by atoms with Gasteiger partial charge >= 0.3 is 0 Å². The molecule has 1 aliphatic rings. The fourth-order valence-electron chi connectivity index (χ4n) is 1.98. The maximum atomic E-state index is 4.90. The molecule has 2 rings (SSSR count). The van der Waals surface area contributed by atoms with Crippen molar-refractivity contribution < 1.29 is 0 Å². The van der Waals surface area contributed by atoms with Crippen LogP contribution in [-0.2, 0) is 12.0 Å². The number of rotatable bonds is 6. The normalized spacial score (nSPS) is 17.7. The van der Waals surface area contributed by atoms with E-state index in [9.17, 15) is 0 Å². The molecular weight excluding hydrogens is 228 g/mol. The number of hydrogen-bond donors (Lipinski definition) is 1. The van der Waals surface area contributed by atoms with Gasteiger partial charge in [-0.2, -0.15) is 0 Å². The fraction of sp³-hybridized carbons (Fsp3) is 0.786. The Hall–Kier alpha value is -0.410. The standard InChI is InChI=1S/C14H24N2S/c1-5-8-15-9-11-12(10(2)3)16-13(17-11)14(4)6-7-14/h10,15H,5-9H2,1-4H3. The van der Waals surface area contributed by atoms with Crippen molar-refractivity contribution in [3.05, 3.63) is 15.6 Å². The van der Waals surface area contributed by atoms with E-state index >= 15 is 0 Å². The van der Waals surface area contributed by atoms with Crippen LogP contribution in [-0.4, -0.2) is 11.5 Å². The second-order valence-electron chi connectivity index (χ2n) is 5.72. The highest BCUT2D eigenvalue weighted by molar-refractivity contribution is 7.12. The molecule has 0 aliphatic heterocycles. The molecule has 1 saturated carbocycles. The minimum absolute atomic E-state index is 0.414. The first-order valence-corrected chi connectivity index (χ1v) is 7.59. The Bertz CT molecular complexity index is 378. The molecule has 0 bridgehead atoms. The molecular formula is C14H24N2S. The quantitative estimate of drug-likeness (QED) is 0.779. The number of aromatic nitrogens is 1. The molecule has 17 heavy (non-hydrogen) atoms. The number of nitrogens with one attached hydrogen (secondary N) is 1. The molecule has 0 saturated heterocycles. The molecule has 3 heteroatoms. The van der Waals surface area contributed by atoms with E-state index in [4.69, 9.17) is 4.98 Å². The summed E-state index contributed by atoms with van der Waals surface area (Å²) in [4.78, 5) is 6.36. The SMILES string of the molecule is CCCNCc1sc(C2(C)CC2)nc1C(C)C. The van der Waals surface area contributed by atoms with Gasteiger partial charge in [-0.05, 0) is 31.7 Å². The third-order valence-electron chi connectivity index (χ3n) is 3.50. The van der Waals surface area contributed by atoms with Gasteiger partial charge in [0.2, 0.25) is 0 Å². The van der Waals surface area contributed by atoms with Gasteiger partial charge in [-0.3, -0.25) is 0 Å². The van der Waals surface area contributed by atoms with E-state index in [0.29, 0.717) is 11.3 Å². The monoisotopic (exact) mass is 252 g/mol. The number of nitrogens with zero attached hydrogens (tertiary/aromatic N) is 1. The average Bonchev–Trinajstić information content (AvgIpc) is 2.88. The van der Waals surface area contributed by atoms with E-state index in [1.54, 1.807) is 0 Å². The molecule has 1 aromatic heterocycles. The summed E-state index contributed by atoms with van der Waals surface area (Å²) >= 11 is 1.93. The maximum Gasteiger partial charge on any atom is 0.0990 e. The van der Waals surface area contributed by atoms with Crippen molar-refractivity contribution in [1.82, 2.24) is 10.3 Å². The molecule has 0 unspecified atom stereocenters. The van der Waals surface area contributed by atoms with Crippen molar-refractivity contribution in [3.63, 3.8) is 0 Å². The molecule has 1 aliphatic carbocycles. The summed E-state index contributed by atoms with van der Waals surface area (Å²) in [7, 11) is 0. The Morgan fingerprint density at radius 2 is 2.12 bits per heavy atom. The summed E-state index contributed by atoms with van der Waals surface area (Å²) in [6.07, 6.45) is 3.83. The highest BCUT2D eigenvalue weighted by Gasteiger charge is 2.42. The van der Waals surface area contributed by atoms with Gasteiger partial charge in [-0.1, -0.05) is 27.7 Å². The summed E-state index contributed by atoms with van der Waals surface area (Å²) in [5.41, 5.74) is 1.74. The van der Waals surface area contributed by atoms with Crippen LogP contribution in [0.1, 0.15) is 68.5 Å². The largest absolute Gasteiger partial charge is 0.312 e. The van der Waals surface area contributed by atoms with Crippen LogP contribution in [0, 0.1) is 0 Å². The second kappa shape index (κ2) is 5.07. The minimum atomic E-state index is 0.414. The maximum absolute atomic E-state index is 4.90. The molecule has 1 N–H and O–H groups in total. The molecule has 0 spiro atoms. The minimum Gasteiger partial charge on any atom is -0.312 e. The lowest BCUT2D eigenvalue weighted by atomic mass is 10.1. The lowest BCUT2D eigenvalue weighted by molar-refractivity contribution is 0.669. The zero-order valence-electron chi connectivity index (χ0n) is 11.5. The van der Waals surface area contributed by atoms with Gasteiger partial charge in [-0.15, -0.1) is 11.3 Å².